The Morgan fingerprint density at radius 2 is 1.39 bits per heavy atom. The van der Waals surface area contributed by atoms with Crippen LogP contribution in [-0.2, 0) is 5.41 Å². The SMILES string of the molecule is CCC(C)(C)c1ccc(Oc2ccccc2)cc1. The van der Waals surface area contributed by atoms with Crippen LogP contribution in [0.3, 0.4) is 0 Å². The third-order valence-corrected chi connectivity index (χ3v) is 3.50. The molecule has 0 N–H and O–H groups in total. The van der Waals surface area contributed by atoms with Crippen molar-refractivity contribution in [1.82, 2.24) is 0 Å². The van der Waals surface area contributed by atoms with E-state index < -0.39 is 0 Å². The molecule has 18 heavy (non-hydrogen) atoms. The Kier molecular flexibility index (Phi) is 3.71. The van der Waals surface area contributed by atoms with Crippen molar-refractivity contribution in [2.75, 3.05) is 0 Å². The molecule has 0 amide bonds. The molecule has 0 aliphatic rings. The van der Waals surface area contributed by atoms with Gasteiger partial charge in [-0.25, -0.2) is 0 Å². The summed E-state index contributed by atoms with van der Waals surface area (Å²) in [7, 11) is 0. The maximum absolute atomic E-state index is 5.78. The molecule has 0 fully saturated rings. The summed E-state index contributed by atoms with van der Waals surface area (Å²) >= 11 is 0. The highest BCUT2D eigenvalue weighted by atomic mass is 16.5. The lowest BCUT2D eigenvalue weighted by atomic mass is 9.82. The Morgan fingerprint density at radius 3 is 1.94 bits per heavy atom. The van der Waals surface area contributed by atoms with Gasteiger partial charge in [-0.3, -0.25) is 0 Å². The first-order valence-electron chi connectivity index (χ1n) is 6.45. The van der Waals surface area contributed by atoms with E-state index in [1.807, 2.05) is 42.5 Å². The predicted octanol–water partition coefficient (Wildman–Crippen LogP) is 5.17. The van der Waals surface area contributed by atoms with E-state index in [4.69, 9.17) is 4.74 Å². The molecule has 0 saturated carbocycles. The minimum Gasteiger partial charge on any atom is -0.457 e. The van der Waals surface area contributed by atoms with Crippen LogP contribution < -0.4 is 4.74 Å². The van der Waals surface area contributed by atoms with Crippen molar-refractivity contribution in [2.24, 2.45) is 0 Å². The Balaban J connectivity index is 2.14. The first-order chi connectivity index (χ1) is 8.62. The second-order valence-electron chi connectivity index (χ2n) is 5.18. The molecule has 2 aromatic rings. The van der Waals surface area contributed by atoms with Gasteiger partial charge in [-0.1, -0.05) is 51.1 Å². The van der Waals surface area contributed by atoms with E-state index >= 15 is 0 Å². The highest BCUT2D eigenvalue weighted by Crippen LogP contribution is 2.29. The number of hydrogen-bond acceptors (Lipinski definition) is 1. The molecular weight excluding hydrogens is 220 g/mol. The quantitative estimate of drug-likeness (QED) is 0.716. The third-order valence-electron chi connectivity index (χ3n) is 3.50. The van der Waals surface area contributed by atoms with Crippen LogP contribution >= 0.6 is 0 Å². The fraction of sp³-hybridized carbons (Fsp3) is 0.294. The van der Waals surface area contributed by atoms with Gasteiger partial charge in [-0.2, -0.15) is 0 Å². The molecule has 1 nitrogen and oxygen atoms in total. The molecule has 0 saturated heterocycles. The van der Waals surface area contributed by atoms with Crippen molar-refractivity contribution >= 4 is 0 Å². The van der Waals surface area contributed by atoms with Gasteiger partial charge < -0.3 is 4.74 Å². The average Bonchev–Trinajstić information content (AvgIpc) is 2.40. The second kappa shape index (κ2) is 5.26. The highest BCUT2D eigenvalue weighted by molar-refractivity contribution is 5.35. The molecule has 2 aromatic carbocycles. The zero-order valence-corrected chi connectivity index (χ0v) is 11.3. The topological polar surface area (TPSA) is 9.23 Å². The van der Waals surface area contributed by atoms with Crippen molar-refractivity contribution in [3.05, 3.63) is 60.2 Å². The van der Waals surface area contributed by atoms with Gasteiger partial charge in [0.05, 0.1) is 0 Å². The Hall–Kier alpha value is -1.76. The molecule has 0 bridgehead atoms. The van der Waals surface area contributed by atoms with Gasteiger partial charge in [0.1, 0.15) is 11.5 Å². The summed E-state index contributed by atoms with van der Waals surface area (Å²) < 4.78 is 5.78. The van der Waals surface area contributed by atoms with Crippen molar-refractivity contribution < 1.29 is 4.74 Å². The molecule has 0 spiro atoms. The standard InChI is InChI=1S/C17H20O/c1-4-17(2,3)14-10-12-16(13-11-14)18-15-8-6-5-7-9-15/h5-13H,4H2,1-3H3. The van der Waals surface area contributed by atoms with Gasteiger partial charge in [0.2, 0.25) is 0 Å². The third kappa shape index (κ3) is 2.92. The van der Waals surface area contributed by atoms with Crippen LogP contribution in [0.1, 0.15) is 32.8 Å². The van der Waals surface area contributed by atoms with Crippen LogP contribution in [-0.4, -0.2) is 0 Å². The lowest BCUT2D eigenvalue weighted by molar-refractivity contribution is 0.478. The van der Waals surface area contributed by atoms with Gasteiger partial charge in [0.15, 0.2) is 0 Å². The van der Waals surface area contributed by atoms with Crippen molar-refractivity contribution in [2.45, 2.75) is 32.6 Å². The summed E-state index contributed by atoms with van der Waals surface area (Å²) in [5.41, 5.74) is 1.58. The zero-order chi connectivity index (χ0) is 13.0. The van der Waals surface area contributed by atoms with Gasteiger partial charge in [-0.05, 0) is 41.7 Å². The van der Waals surface area contributed by atoms with E-state index in [0.717, 1.165) is 17.9 Å². The zero-order valence-electron chi connectivity index (χ0n) is 11.3. The van der Waals surface area contributed by atoms with E-state index in [-0.39, 0.29) is 5.41 Å². The second-order valence-corrected chi connectivity index (χ2v) is 5.18. The van der Waals surface area contributed by atoms with Gasteiger partial charge >= 0.3 is 0 Å². The van der Waals surface area contributed by atoms with Crippen molar-refractivity contribution in [1.29, 1.82) is 0 Å². The maximum Gasteiger partial charge on any atom is 0.127 e. The number of ether oxygens (including phenoxy) is 1. The van der Waals surface area contributed by atoms with Gasteiger partial charge in [0.25, 0.3) is 0 Å². The predicted molar refractivity (Wildman–Crippen MR) is 76.3 cm³/mol. The molecule has 94 valence electrons. The van der Waals surface area contributed by atoms with E-state index in [2.05, 4.69) is 32.9 Å². The molecule has 0 heterocycles. The number of hydrogen-bond donors (Lipinski definition) is 0. The van der Waals surface area contributed by atoms with Crippen LogP contribution in [0, 0.1) is 0 Å². The number of rotatable bonds is 4. The molecule has 0 aliphatic carbocycles. The summed E-state index contributed by atoms with van der Waals surface area (Å²) in [6, 6.07) is 18.3. The smallest absolute Gasteiger partial charge is 0.127 e. The lowest BCUT2D eigenvalue weighted by Crippen LogP contribution is -2.14. The Bertz CT molecular complexity index is 483. The summed E-state index contributed by atoms with van der Waals surface area (Å²) in [5.74, 6) is 1.76. The summed E-state index contributed by atoms with van der Waals surface area (Å²) in [5, 5.41) is 0. The molecule has 0 aromatic heterocycles. The molecule has 0 radical (unpaired) electrons. The lowest BCUT2D eigenvalue weighted by Gasteiger charge is -2.23. The molecule has 0 unspecified atom stereocenters. The molecule has 0 atom stereocenters. The van der Waals surface area contributed by atoms with E-state index in [0.29, 0.717) is 0 Å². The monoisotopic (exact) mass is 240 g/mol. The van der Waals surface area contributed by atoms with E-state index in [1.54, 1.807) is 0 Å². The van der Waals surface area contributed by atoms with Crippen LogP contribution in [0.5, 0.6) is 11.5 Å². The average molecular weight is 240 g/mol. The van der Waals surface area contributed by atoms with Crippen LogP contribution in [0.15, 0.2) is 54.6 Å². The van der Waals surface area contributed by atoms with Crippen LogP contribution in [0.2, 0.25) is 0 Å². The van der Waals surface area contributed by atoms with E-state index in [1.165, 1.54) is 5.56 Å². The Morgan fingerprint density at radius 1 is 0.833 bits per heavy atom. The fourth-order valence-corrected chi connectivity index (χ4v) is 1.80. The first-order valence-corrected chi connectivity index (χ1v) is 6.45. The number of benzene rings is 2. The maximum atomic E-state index is 5.78. The minimum atomic E-state index is 0.227. The van der Waals surface area contributed by atoms with Crippen molar-refractivity contribution in [3.63, 3.8) is 0 Å². The molecule has 2 rings (SSSR count). The summed E-state index contributed by atoms with van der Waals surface area (Å²) in [6.45, 7) is 6.74. The molecular formula is C17H20O. The largest absolute Gasteiger partial charge is 0.457 e. The van der Waals surface area contributed by atoms with E-state index in [9.17, 15) is 0 Å². The van der Waals surface area contributed by atoms with Crippen LogP contribution in [0.4, 0.5) is 0 Å². The molecule has 1 heteroatoms. The minimum absolute atomic E-state index is 0.227. The van der Waals surface area contributed by atoms with Gasteiger partial charge in [-0.15, -0.1) is 0 Å². The fourth-order valence-electron chi connectivity index (χ4n) is 1.80. The summed E-state index contributed by atoms with van der Waals surface area (Å²) in [4.78, 5) is 0. The highest BCUT2D eigenvalue weighted by Gasteiger charge is 2.17. The van der Waals surface area contributed by atoms with Crippen molar-refractivity contribution in [3.8, 4) is 11.5 Å². The van der Waals surface area contributed by atoms with Gasteiger partial charge in [0, 0.05) is 0 Å². The number of para-hydroxylation sites is 1. The normalized spacial score (nSPS) is 11.3. The van der Waals surface area contributed by atoms with Crippen LogP contribution in [0.25, 0.3) is 0 Å². The first kappa shape index (κ1) is 12.7. The molecule has 0 aliphatic heterocycles. The summed E-state index contributed by atoms with van der Waals surface area (Å²) in [6.07, 6.45) is 1.13. The Labute approximate surface area is 109 Å².